The number of carboxylic acid groups (broad SMARTS) is 1. The number of hydrogen-bond donors (Lipinski definition) is 1. The number of aliphatic carboxylic acids is 1. The number of rotatable bonds is 2. The van der Waals surface area contributed by atoms with Crippen LogP contribution in [0.15, 0.2) is 42.5 Å². The number of hydrogen-bond acceptors (Lipinski definition) is 3. The summed E-state index contributed by atoms with van der Waals surface area (Å²) >= 11 is 0. The predicted molar refractivity (Wildman–Crippen MR) is 95.6 cm³/mol. The third kappa shape index (κ3) is 3.60. The Kier molecular flexibility index (Phi) is 4.41. The van der Waals surface area contributed by atoms with E-state index in [1.54, 1.807) is 20.8 Å². The van der Waals surface area contributed by atoms with Crippen LogP contribution in [-0.2, 0) is 9.53 Å². The van der Waals surface area contributed by atoms with E-state index in [9.17, 15) is 14.7 Å². The van der Waals surface area contributed by atoms with Crippen LogP contribution in [0.1, 0.15) is 32.3 Å². The predicted octanol–water partition coefficient (Wildman–Crippen LogP) is 3.87. The van der Waals surface area contributed by atoms with Crippen molar-refractivity contribution in [2.45, 2.75) is 32.3 Å². The molecule has 5 heteroatoms. The lowest BCUT2D eigenvalue weighted by Crippen LogP contribution is -2.35. The maximum atomic E-state index is 12.4. The van der Waals surface area contributed by atoms with Gasteiger partial charge in [0.25, 0.3) is 0 Å². The quantitative estimate of drug-likeness (QED) is 0.900. The monoisotopic (exact) mass is 341 g/mol. The molecule has 0 bridgehead atoms. The summed E-state index contributed by atoms with van der Waals surface area (Å²) in [6.45, 7) is 5.92. The molecule has 0 spiro atoms. The zero-order valence-corrected chi connectivity index (χ0v) is 14.7. The average Bonchev–Trinajstić information content (AvgIpc) is 2.98. The number of amides is 1. The minimum atomic E-state index is -0.885. The molecule has 5 nitrogen and oxygen atoms in total. The fraction of sp³-hybridized carbons (Fsp3) is 0.400. The molecule has 2 aromatic rings. The Morgan fingerprint density at radius 2 is 1.76 bits per heavy atom. The summed E-state index contributed by atoms with van der Waals surface area (Å²) in [7, 11) is 0. The van der Waals surface area contributed by atoms with Crippen molar-refractivity contribution < 1.29 is 19.4 Å². The fourth-order valence-electron chi connectivity index (χ4n) is 3.42. The first kappa shape index (κ1) is 17.3. The lowest BCUT2D eigenvalue weighted by molar-refractivity contribution is -0.141. The van der Waals surface area contributed by atoms with Crippen molar-refractivity contribution in [2.75, 3.05) is 13.1 Å². The minimum Gasteiger partial charge on any atom is -0.481 e. The number of carbonyl (C=O) groups is 2. The van der Waals surface area contributed by atoms with Crippen LogP contribution < -0.4 is 0 Å². The number of benzene rings is 2. The van der Waals surface area contributed by atoms with E-state index in [0.717, 1.165) is 16.3 Å². The molecule has 0 radical (unpaired) electrons. The third-order valence-corrected chi connectivity index (χ3v) is 4.51. The molecule has 1 aliphatic rings. The SMILES string of the molecule is CC(C)(C)OC(=O)N1C[C@@H](C(=O)O)[C@H](c2cccc3ccccc23)C1. The molecule has 0 saturated carbocycles. The number of ether oxygens (including phenoxy) is 1. The van der Waals surface area contributed by atoms with Gasteiger partial charge in [-0.15, -0.1) is 0 Å². The average molecular weight is 341 g/mol. The molecule has 132 valence electrons. The van der Waals surface area contributed by atoms with Gasteiger partial charge in [-0.3, -0.25) is 4.79 Å². The zero-order valence-electron chi connectivity index (χ0n) is 14.7. The molecule has 25 heavy (non-hydrogen) atoms. The lowest BCUT2D eigenvalue weighted by Gasteiger charge is -2.24. The molecule has 1 aliphatic heterocycles. The maximum Gasteiger partial charge on any atom is 0.410 e. The van der Waals surface area contributed by atoms with Crippen LogP contribution >= 0.6 is 0 Å². The Balaban J connectivity index is 1.94. The molecule has 0 aliphatic carbocycles. The van der Waals surface area contributed by atoms with Crippen molar-refractivity contribution in [3.05, 3.63) is 48.0 Å². The standard InChI is InChI=1S/C20H23NO4/c1-20(2,3)25-19(24)21-11-16(17(12-21)18(22)23)15-10-6-8-13-7-4-5-9-14(13)15/h4-10,16-17H,11-12H2,1-3H3,(H,22,23)/t16-,17+/m0/s1. The third-order valence-electron chi connectivity index (χ3n) is 4.51. The molecule has 1 saturated heterocycles. The number of carbonyl (C=O) groups excluding carboxylic acids is 1. The van der Waals surface area contributed by atoms with Crippen molar-refractivity contribution in [1.82, 2.24) is 4.90 Å². The molecular formula is C20H23NO4. The van der Waals surface area contributed by atoms with E-state index in [-0.39, 0.29) is 12.5 Å². The summed E-state index contributed by atoms with van der Waals surface area (Å²) in [5.74, 6) is -1.78. The molecule has 1 heterocycles. The molecular weight excluding hydrogens is 318 g/mol. The van der Waals surface area contributed by atoms with Crippen molar-refractivity contribution in [2.24, 2.45) is 5.92 Å². The Hall–Kier alpha value is -2.56. The summed E-state index contributed by atoms with van der Waals surface area (Å²) in [5.41, 5.74) is 0.365. The smallest absolute Gasteiger partial charge is 0.410 e. The highest BCUT2D eigenvalue weighted by Gasteiger charge is 2.42. The van der Waals surface area contributed by atoms with Crippen molar-refractivity contribution in [3.63, 3.8) is 0 Å². The van der Waals surface area contributed by atoms with Crippen molar-refractivity contribution >= 4 is 22.8 Å². The largest absolute Gasteiger partial charge is 0.481 e. The second kappa shape index (κ2) is 6.39. The fourth-order valence-corrected chi connectivity index (χ4v) is 3.42. The van der Waals surface area contributed by atoms with E-state index in [2.05, 4.69) is 0 Å². The van der Waals surface area contributed by atoms with Gasteiger partial charge in [-0.1, -0.05) is 42.5 Å². The highest BCUT2D eigenvalue weighted by atomic mass is 16.6. The number of likely N-dealkylation sites (tertiary alicyclic amines) is 1. The summed E-state index contributed by atoms with van der Waals surface area (Å²) < 4.78 is 5.42. The zero-order chi connectivity index (χ0) is 18.2. The van der Waals surface area contributed by atoms with Crippen LogP contribution in [0.4, 0.5) is 4.79 Å². The van der Waals surface area contributed by atoms with Gasteiger partial charge >= 0.3 is 12.1 Å². The van der Waals surface area contributed by atoms with Crippen molar-refractivity contribution in [3.8, 4) is 0 Å². The molecule has 3 rings (SSSR count). The Labute approximate surface area is 147 Å². The summed E-state index contributed by atoms with van der Waals surface area (Å²) in [4.78, 5) is 25.7. The van der Waals surface area contributed by atoms with Crippen LogP contribution in [-0.4, -0.2) is 40.8 Å². The topological polar surface area (TPSA) is 66.8 Å². The highest BCUT2D eigenvalue weighted by Crippen LogP contribution is 2.37. The van der Waals surface area contributed by atoms with Crippen LogP contribution in [0.5, 0.6) is 0 Å². The second-order valence-electron chi connectivity index (χ2n) is 7.50. The number of nitrogens with zero attached hydrogens (tertiary/aromatic N) is 1. The van der Waals surface area contributed by atoms with Gasteiger partial charge in [0.05, 0.1) is 5.92 Å². The van der Waals surface area contributed by atoms with Gasteiger partial charge in [0.1, 0.15) is 5.60 Å². The first-order chi connectivity index (χ1) is 11.8. The normalized spacial score (nSPS) is 20.7. The Bertz CT molecular complexity index is 803. The van der Waals surface area contributed by atoms with Gasteiger partial charge in [-0.05, 0) is 37.1 Å². The van der Waals surface area contributed by atoms with Gasteiger partial charge < -0.3 is 14.7 Å². The van der Waals surface area contributed by atoms with Crippen LogP contribution in [0.25, 0.3) is 10.8 Å². The number of carboxylic acids is 1. The summed E-state index contributed by atoms with van der Waals surface area (Å²) in [5, 5.41) is 11.8. The van der Waals surface area contributed by atoms with Gasteiger partial charge in [0.15, 0.2) is 0 Å². The Morgan fingerprint density at radius 3 is 2.44 bits per heavy atom. The van der Waals surface area contributed by atoms with E-state index >= 15 is 0 Å². The molecule has 1 amide bonds. The molecule has 2 aromatic carbocycles. The number of fused-ring (bicyclic) bond motifs is 1. The van der Waals surface area contributed by atoms with Crippen LogP contribution in [0, 0.1) is 5.92 Å². The first-order valence-electron chi connectivity index (χ1n) is 8.44. The van der Waals surface area contributed by atoms with Crippen molar-refractivity contribution in [1.29, 1.82) is 0 Å². The van der Waals surface area contributed by atoms with E-state index in [4.69, 9.17) is 4.74 Å². The lowest BCUT2D eigenvalue weighted by atomic mass is 9.86. The molecule has 0 aromatic heterocycles. The van der Waals surface area contributed by atoms with Gasteiger partial charge in [0.2, 0.25) is 0 Å². The molecule has 1 fully saturated rings. The van der Waals surface area contributed by atoms with Gasteiger partial charge in [-0.25, -0.2) is 4.79 Å². The molecule has 2 atom stereocenters. The van der Waals surface area contributed by atoms with Crippen LogP contribution in [0.2, 0.25) is 0 Å². The second-order valence-corrected chi connectivity index (χ2v) is 7.50. The van der Waals surface area contributed by atoms with E-state index in [1.807, 2.05) is 42.5 Å². The van der Waals surface area contributed by atoms with E-state index < -0.39 is 23.6 Å². The Morgan fingerprint density at radius 1 is 1.08 bits per heavy atom. The minimum absolute atomic E-state index is 0.165. The summed E-state index contributed by atoms with van der Waals surface area (Å²) in [6.07, 6.45) is -0.457. The first-order valence-corrected chi connectivity index (χ1v) is 8.44. The molecule has 1 N–H and O–H groups in total. The van der Waals surface area contributed by atoms with Crippen LogP contribution in [0.3, 0.4) is 0 Å². The van der Waals surface area contributed by atoms with E-state index in [1.165, 1.54) is 4.90 Å². The van der Waals surface area contributed by atoms with Gasteiger partial charge in [-0.2, -0.15) is 0 Å². The van der Waals surface area contributed by atoms with Gasteiger partial charge in [0, 0.05) is 19.0 Å². The maximum absolute atomic E-state index is 12.4. The summed E-state index contributed by atoms with van der Waals surface area (Å²) in [6, 6.07) is 13.8. The molecule has 0 unspecified atom stereocenters. The highest BCUT2D eigenvalue weighted by molar-refractivity contribution is 5.87. The van der Waals surface area contributed by atoms with E-state index in [0.29, 0.717) is 6.54 Å².